The van der Waals surface area contributed by atoms with Crippen LogP contribution in [0, 0.1) is 11.0 Å². The van der Waals surface area contributed by atoms with Crippen molar-refractivity contribution < 1.29 is 13.9 Å². The first-order chi connectivity index (χ1) is 12.0. The molecule has 1 fully saturated rings. The molecule has 1 atom stereocenters. The number of rotatable bonds is 5. The van der Waals surface area contributed by atoms with E-state index in [1.54, 1.807) is 18.2 Å². The van der Waals surface area contributed by atoms with E-state index in [4.69, 9.17) is 27.9 Å². The highest BCUT2D eigenvalue weighted by molar-refractivity contribution is 7.14. The lowest BCUT2D eigenvalue weighted by atomic mass is 9.84. The minimum Gasteiger partial charge on any atom is -0.381 e. The fraction of sp³-hybridized carbons (Fsp3) is 0.412. The maximum absolute atomic E-state index is 13.1. The molecule has 134 valence electrons. The van der Waals surface area contributed by atoms with Gasteiger partial charge in [0.1, 0.15) is 0 Å². The Kier molecular flexibility index (Phi) is 6.28. The number of hydrogen-bond acceptors (Lipinski definition) is 4. The van der Waals surface area contributed by atoms with Crippen LogP contribution in [-0.2, 0) is 9.53 Å². The minimum atomic E-state index is -0.439. The van der Waals surface area contributed by atoms with E-state index in [0.29, 0.717) is 35.6 Å². The summed E-state index contributed by atoms with van der Waals surface area (Å²) in [7, 11) is 0. The lowest BCUT2D eigenvalue weighted by molar-refractivity contribution is -0.118. The van der Waals surface area contributed by atoms with E-state index in [9.17, 15) is 9.18 Å². The molecule has 2 aromatic rings. The Hall–Kier alpha value is -1.21. The molecule has 0 bridgehead atoms. The zero-order valence-corrected chi connectivity index (χ0v) is 15.6. The number of aromatic nitrogens is 1. The molecular weight excluding hydrogens is 386 g/mol. The molecule has 1 saturated heterocycles. The smallest absolute Gasteiger partial charge is 0.233 e. The summed E-state index contributed by atoms with van der Waals surface area (Å²) >= 11 is 12.9. The molecule has 25 heavy (non-hydrogen) atoms. The molecule has 0 spiro atoms. The normalized spacial score (nSPS) is 16.6. The third kappa shape index (κ3) is 4.91. The molecule has 1 amide bonds. The average molecular weight is 403 g/mol. The molecule has 1 aromatic carbocycles. The third-order valence-corrected chi connectivity index (χ3v) is 5.72. The van der Waals surface area contributed by atoms with E-state index in [1.165, 1.54) is 0 Å². The lowest BCUT2D eigenvalue weighted by Gasteiger charge is -2.26. The number of carbonyl (C=O) groups is 1. The fourth-order valence-electron chi connectivity index (χ4n) is 2.94. The summed E-state index contributed by atoms with van der Waals surface area (Å²) in [6.45, 7) is 1.41. The van der Waals surface area contributed by atoms with Crippen molar-refractivity contribution in [1.29, 1.82) is 0 Å². The Balaban J connectivity index is 1.81. The summed E-state index contributed by atoms with van der Waals surface area (Å²) in [5.41, 5.74) is 0.787. The molecule has 1 N–H and O–H groups in total. The Bertz CT molecular complexity index is 750. The number of nitrogens with one attached hydrogen (secondary N) is 1. The predicted octanol–water partition coefficient (Wildman–Crippen LogP) is 5.13. The first-order valence-electron chi connectivity index (χ1n) is 7.98. The van der Waals surface area contributed by atoms with Crippen LogP contribution in [0.15, 0.2) is 24.4 Å². The average Bonchev–Trinajstić information content (AvgIpc) is 3.01. The Morgan fingerprint density at radius 1 is 1.36 bits per heavy atom. The molecule has 3 rings (SSSR count). The topological polar surface area (TPSA) is 51.2 Å². The van der Waals surface area contributed by atoms with E-state index in [-0.39, 0.29) is 11.0 Å². The van der Waals surface area contributed by atoms with E-state index in [0.717, 1.165) is 35.9 Å². The zero-order valence-electron chi connectivity index (χ0n) is 13.3. The zero-order chi connectivity index (χ0) is 17.8. The van der Waals surface area contributed by atoms with Gasteiger partial charge in [-0.05, 0) is 42.9 Å². The second-order valence-electron chi connectivity index (χ2n) is 5.98. The molecule has 1 aliphatic heterocycles. The number of anilines is 1. The molecule has 1 aliphatic rings. The van der Waals surface area contributed by atoms with Crippen LogP contribution >= 0.6 is 34.5 Å². The van der Waals surface area contributed by atoms with Gasteiger partial charge in [0, 0.05) is 13.2 Å². The Morgan fingerprint density at radius 2 is 2.12 bits per heavy atom. The van der Waals surface area contributed by atoms with Gasteiger partial charge < -0.3 is 10.1 Å². The molecule has 0 aliphatic carbocycles. The molecule has 4 nitrogen and oxygen atoms in total. The van der Waals surface area contributed by atoms with Crippen molar-refractivity contribution in [2.24, 2.45) is 5.92 Å². The van der Waals surface area contributed by atoms with Gasteiger partial charge in [0.25, 0.3) is 0 Å². The Morgan fingerprint density at radius 3 is 2.76 bits per heavy atom. The van der Waals surface area contributed by atoms with E-state index < -0.39 is 11.0 Å². The van der Waals surface area contributed by atoms with Gasteiger partial charge in [0.2, 0.25) is 5.91 Å². The van der Waals surface area contributed by atoms with Crippen molar-refractivity contribution in [3.63, 3.8) is 0 Å². The quantitative estimate of drug-likeness (QED) is 0.753. The van der Waals surface area contributed by atoms with Crippen LogP contribution in [0.2, 0.25) is 10.0 Å². The maximum Gasteiger partial charge on any atom is 0.233 e. The number of halogens is 3. The molecule has 8 heteroatoms. The second-order valence-corrected chi connectivity index (χ2v) is 7.77. The number of thiazole rings is 1. The van der Waals surface area contributed by atoms with E-state index in [1.807, 2.05) is 0 Å². The van der Waals surface area contributed by atoms with Gasteiger partial charge in [0.15, 0.2) is 10.3 Å². The van der Waals surface area contributed by atoms with Crippen molar-refractivity contribution in [1.82, 2.24) is 4.98 Å². The summed E-state index contributed by atoms with van der Waals surface area (Å²) in [5, 5.41) is 3.37. The number of carbonyl (C=O) groups excluding carboxylic acids is 1. The van der Waals surface area contributed by atoms with Gasteiger partial charge in [0.05, 0.1) is 22.2 Å². The van der Waals surface area contributed by atoms with Crippen molar-refractivity contribution >= 4 is 45.6 Å². The van der Waals surface area contributed by atoms with Gasteiger partial charge >= 0.3 is 0 Å². The molecule has 1 unspecified atom stereocenters. The largest absolute Gasteiger partial charge is 0.381 e. The summed E-state index contributed by atoms with van der Waals surface area (Å²) in [5.74, 6) is -0.254. The lowest BCUT2D eigenvalue weighted by Crippen LogP contribution is -2.26. The van der Waals surface area contributed by atoms with Crippen LogP contribution in [0.3, 0.4) is 0 Å². The summed E-state index contributed by atoms with van der Waals surface area (Å²) in [4.78, 5) is 16.7. The predicted molar refractivity (Wildman–Crippen MR) is 98.1 cm³/mol. The fourth-order valence-corrected chi connectivity index (χ4v) is 3.80. The van der Waals surface area contributed by atoms with Crippen LogP contribution in [0.4, 0.5) is 9.52 Å². The van der Waals surface area contributed by atoms with Crippen LogP contribution in [0.25, 0.3) is 0 Å². The number of nitrogens with zero attached hydrogens (tertiary/aromatic N) is 1. The number of hydrogen-bond donors (Lipinski definition) is 1. The number of ether oxygens (including phenoxy) is 1. The molecule has 2 heterocycles. The van der Waals surface area contributed by atoms with Crippen molar-refractivity contribution in [2.75, 3.05) is 18.5 Å². The van der Waals surface area contributed by atoms with Crippen molar-refractivity contribution in [3.05, 3.63) is 45.1 Å². The van der Waals surface area contributed by atoms with Crippen LogP contribution in [-0.4, -0.2) is 24.1 Å². The first-order valence-corrected chi connectivity index (χ1v) is 9.55. The summed E-state index contributed by atoms with van der Waals surface area (Å²) in [6, 6.07) is 5.21. The first kappa shape index (κ1) is 18.6. The van der Waals surface area contributed by atoms with Gasteiger partial charge in [-0.1, -0.05) is 40.6 Å². The highest BCUT2D eigenvalue weighted by Gasteiger charge is 2.27. The van der Waals surface area contributed by atoms with Crippen molar-refractivity contribution in [2.45, 2.75) is 25.2 Å². The van der Waals surface area contributed by atoms with Crippen LogP contribution in [0.5, 0.6) is 0 Å². The van der Waals surface area contributed by atoms with Gasteiger partial charge in [-0.2, -0.15) is 4.39 Å². The number of amides is 1. The van der Waals surface area contributed by atoms with Crippen LogP contribution in [0.1, 0.15) is 30.7 Å². The summed E-state index contributed by atoms with van der Waals surface area (Å²) < 4.78 is 18.5. The SMILES string of the molecule is O=C(Nc1ncc(F)s1)C(CC1CCOCC1)c1ccc(Cl)c(Cl)c1. The molecule has 1 aromatic heterocycles. The van der Waals surface area contributed by atoms with Gasteiger partial charge in [-0.25, -0.2) is 4.98 Å². The monoisotopic (exact) mass is 402 g/mol. The van der Waals surface area contributed by atoms with E-state index in [2.05, 4.69) is 10.3 Å². The number of benzene rings is 1. The van der Waals surface area contributed by atoms with Gasteiger partial charge in [-0.3, -0.25) is 4.79 Å². The highest BCUT2D eigenvalue weighted by Crippen LogP contribution is 2.34. The minimum absolute atomic E-state index is 0.223. The summed E-state index contributed by atoms with van der Waals surface area (Å²) in [6.07, 6.45) is 3.59. The third-order valence-electron chi connectivity index (χ3n) is 4.28. The van der Waals surface area contributed by atoms with Crippen molar-refractivity contribution in [3.8, 4) is 0 Å². The van der Waals surface area contributed by atoms with E-state index >= 15 is 0 Å². The van der Waals surface area contributed by atoms with Gasteiger partial charge in [-0.15, -0.1) is 0 Å². The molecule has 0 radical (unpaired) electrons. The maximum atomic E-state index is 13.1. The molecule has 0 saturated carbocycles. The molecular formula is C17H17Cl2FN2O2S. The van der Waals surface area contributed by atoms with Crippen LogP contribution < -0.4 is 5.32 Å². The second kappa shape index (κ2) is 8.45. The Labute approximate surface area is 159 Å². The standard InChI is InChI=1S/C17H17Cl2FN2O2S/c18-13-2-1-11(8-14(13)19)12(7-10-3-5-24-6-4-10)16(23)22-17-21-9-15(20)25-17/h1-2,8-10,12H,3-7H2,(H,21,22,23). The highest BCUT2D eigenvalue weighted by atomic mass is 35.5.